The molecule has 0 saturated carbocycles. The molecule has 2 aromatic heterocycles. The van der Waals surface area contributed by atoms with Crippen molar-refractivity contribution in [3.8, 4) is 0 Å². The van der Waals surface area contributed by atoms with E-state index in [0.29, 0.717) is 24.7 Å². The van der Waals surface area contributed by atoms with Crippen molar-refractivity contribution in [3.05, 3.63) is 59.4 Å². The maximum atomic E-state index is 15.1. The molecule has 1 fully saturated rings. The van der Waals surface area contributed by atoms with Crippen LogP contribution in [0.15, 0.2) is 47.5 Å². The van der Waals surface area contributed by atoms with Gasteiger partial charge in [-0.25, -0.2) is 9.37 Å². The number of carbonyl (C=O) groups excluding carboxylic acids is 1. The number of benzene rings is 1. The van der Waals surface area contributed by atoms with Gasteiger partial charge in [0.05, 0.1) is 21.9 Å². The minimum absolute atomic E-state index is 0.0314. The topological polar surface area (TPSA) is 70.2 Å². The number of hydrogen-bond donors (Lipinski definition) is 2. The van der Waals surface area contributed by atoms with E-state index in [0.717, 1.165) is 42.0 Å². The first-order chi connectivity index (χ1) is 17.0. The van der Waals surface area contributed by atoms with Gasteiger partial charge in [-0.1, -0.05) is 26.0 Å². The van der Waals surface area contributed by atoms with Crippen LogP contribution in [0.3, 0.4) is 0 Å². The van der Waals surface area contributed by atoms with E-state index in [-0.39, 0.29) is 17.9 Å². The van der Waals surface area contributed by atoms with Crippen molar-refractivity contribution >= 4 is 34.4 Å². The standard InChI is InChI=1S/C27H32FN5OS/c1-3-18-11-21-20(5-4-6-23(21)29-12-18)17(2)14-33-10-9-24(22(28)15-33)30-13-19-7-8-25-27(31-19)32-26(34)16-35-25/h4-8,11-12,17,22,24,30H,3,9-10,13-16H2,1-2H3,(H,31,32,34). The first-order valence-electron chi connectivity index (χ1n) is 12.4. The quantitative estimate of drug-likeness (QED) is 0.504. The zero-order valence-corrected chi connectivity index (χ0v) is 21.1. The molecular weight excluding hydrogens is 461 g/mol. The zero-order valence-electron chi connectivity index (χ0n) is 20.3. The summed E-state index contributed by atoms with van der Waals surface area (Å²) in [6.45, 7) is 6.97. The van der Waals surface area contributed by atoms with Crippen molar-refractivity contribution in [2.75, 3.05) is 30.7 Å². The number of hydrogen-bond acceptors (Lipinski definition) is 6. The van der Waals surface area contributed by atoms with Crippen LogP contribution < -0.4 is 10.6 Å². The Bertz CT molecular complexity index is 1220. The molecule has 0 aliphatic carbocycles. The first kappa shape index (κ1) is 24.2. The van der Waals surface area contributed by atoms with Gasteiger partial charge < -0.3 is 10.6 Å². The molecule has 35 heavy (non-hydrogen) atoms. The number of nitrogens with one attached hydrogen (secondary N) is 2. The monoisotopic (exact) mass is 493 g/mol. The van der Waals surface area contributed by atoms with Gasteiger partial charge in [0, 0.05) is 37.3 Å². The van der Waals surface area contributed by atoms with Gasteiger partial charge in [0.15, 0.2) is 0 Å². The van der Waals surface area contributed by atoms with Crippen LogP contribution in [0.5, 0.6) is 0 Å². The summed E-state index contributed by atoms with van der Waals surface area (Å²) < 4.78 is 15.1. The number of carbonyl (C=O) groups is 1. The number of piperidine rings is 1. The van der Waals surface area contributed by atoms with Crippen LogP contribution in [-0.4, -0.2) is 58.4 Å². The lowest BCUT2D eigenvalue weighted by atomic mass is 9.94. The van der Waals surface area contributed by atoms with Crippen molar-refractivity contribution in [1.82, 2.24) is 20.2 Å². The van der Waals surface area contributed by atoms with Gasteiger partial charge in [0.2, 0.25) is 5.91 Å². The molecule has 6 nitrogen and oxygen atoms in total. The number of anilines is 1. The molecule has 2 N–H and O–H groups in total. The highest BCUT2D eigenvalue weighted by molar-refractivity contribution is 8.00. The average Bonchev–Trinajstić information content (AvgIpc) is 2.87. The molecule has 0 radical (unpaired) electrons. The Labute approximate surface area is 210 Å². The summed E-state index contributed by atoms with van der Waals surface area (Å²) in [5.41, 5.74) is 4.35. The number of fused-ring (bicyclic) bond motifs is 2. The number of thioether (sulfide) groups is 1. The SMILES string of the molecule is CCc1cnc2cccc(C(C)CN3CCC(NCc4ccc5c(n4)NC(=O)CS5)C(F)C3)c2c1. The number of rotatable bonds is 7. The smallest absolute Gasteiger partial charge is 0.235 e. The Morgan fingerprint density at radius 2 is 2.20 bits per heavy atom. The van der Waals surface area contributed by atoms with Gasteiger partial charge in [-0.05, 0) is 60.7 Å². The predicted molar refractivity (Wildman–Crippen MR) is 140 cm³/mol. The molecule has 4 heterocycles. The number of pyridine rings is 2. The number of likely N-dealkylation sites (tertiary alicyclic amines) is 1. The third-order valence-electron chi connectivity index (χ3n) is 6.99. The highest BCUT2D eigenvalue weighted by atomic mass is 32.2. The summed E-state index contributed by atoms with van der Waals surface area (Å²) in [4.78, 5) is 24.0. The van der Waals surface area contributed by atoms with Crippen LogP contribution in [0.25, 0.3) is 10.9 Å². The van der Waals surface area contributed by atoms with Gasteiger partial charge >= 0.3 is 0 Å². The summed E-state index contributed by atoms with van der Waals surface area (Å²) >= 11 is 1.49. The van der Waals surface area contributed by atoms with Crippen molar-refractivity contribution < 1.29 is 9.18 Å². The Kier molecular flexibility index (Phi) is 7.32. The van der Waals surface area contributed by atoms with E-state index < -0.39 is 6.17 Å². The zero-order chi connectivity index (χ0) is 24.4. The summed E-state index contributed by atoms with van der Waals surface area (Å²) in [5.74, 6) is 1.29. The van der Waals surface area contributed by atoms with Crippen LogP contribution in [-0.2, 0) is 17.8 Å². The Hall–Kier alpha value is -2.55. The lowest BCUT2D eigenvalue weighted by molar-refractivity contribution is -0.113. The molecule has 0 bridgehead atoms. The van der Waals surface area contributed by atoms with E-state index in [9.17, 15) is 4.79 Å². The molecule has 0 spiro atoms. The third-order valence-corrected chi connectivity index (χ3v) is 8.04. The second kappa shape index (κ2) is 10.6. The van der Waals surface area contributed by atoms with Gasteiger partial charge in [0.1, 0.15) is 12.0 Å². The lowest BCUT2D eigenvalue weighted by Crippen LogP contribution is -2.51. The van der Waals surface area contributed by atoms with Crippen molar-refractivity contribution in [2.24, 2.45) is 0 Å². The highest BCUT2D eigenvalue weighted by Crippen LogP contribution is 2.30. The molecule has 3 unspecified atom stereocenters. The average molecular weight is 494 g/mol. The minimum Gasteiger partial charge on any atom is -0.309 e. The largest absolute Gasteiger partial charge is 0.309 e. The second-order valence-electron chi connectivity index (χ2n) is 9.55. The molecule has 1 aromatic carbocycles. The number of aromatic nitrogens is 2. The molecule has 3 aromatic rings. The van der Waals surface area contributed by atoms with E-state index in [2.05, 4.69) is 63.6 Å². The summed E-state index contributed by atoms with van der Waals surface area (Å²) in [5, 5.41) is 7.38. The second-order valence-corrected chi connectivity index (χ2v) is 10.6. The molecular formula is C27H32FN5OS. The van der Waals surface area contributed by atoms with Gasteiger partial charge in [-0.2, -0.15) is 0 Å². The van der Waals surface area contributed by atoms with Crippen LogP contribution in [0.1, 0.15) is 43.0 Å². The number of halogens is 1. The van der Waals surface area contributed by atoms with Crippen LogP contribution >= 0.6 is 11.8 Å². The van der Waals surface area contributed by atoms with Gasteiger partial charge in [0.25, 0.3) is 0 Å². The fourth-order valence-corrected chi connectivity index (χ4v) is 5.78. The summed E-state index contributed by atoms with van der Waals surface area (Å²) in [6.07, 6.45) is 2.73. The van der Waals surface area contributed by atoms with Crippen molar-refractivity contribution in [2.45, 2.75) is 56.3 Å². The number of alkyl halides is 1. The van der Waals surface area contributed by atoms with Crippen molar-refractivity contribution in [1.29, 1.82) is 0 Å². The maximum absolute atomic E-state index is 15.1. The third kappa shape index (κ3) is 5.50. The van der Waals surface area contributed by atoms with Crippen LogP contribution in [0.2, 0.25) is 0 Å². The predicted octanol–water partition coefficient (Wildman–Crippen LogP) is 4.54. The Balaban J connectivity index is 1.17. The number of amides is 1. The molecule has 5 rings (SSSR count). The van der Waals surface area contributed by atoms with E-state index >= 15 is 4.39 Å². The molecule has 3 atom stereocenters. The molecule has 1 saturated heterocycles. The van der Waals surface area contributed by atoms with E-state index in [1.807, 2.05) is 18.3 Å². The first-order valence-corrected chi connectivity index (χ1v) is 13.4. The van der Waals surface area contributed by atoms with E-state index in [4.69, 9.17) is 0 Å². The van der Waals surface area contributed by atoms with E-state index in [1.165, 1.54) is 28.3 Å². The normalized spacial score (nSPS) is 21.5. The van der Waals surface area contributed by atoms with Crippen LogP contribution in [0.4, 0.5) is 10.2 Å². The van der Waals surface area contributed by atoms with E-state index in [1.54, 1.807) is 0 Å². The molecule has 1 amide bonds. The van der Waals surface area contributed by atoms with Gasteiger partial charge in [-0.15, -0.1) is 11.8 Å². The highest BCUT2D eigenvalue weighted by Gasteiger charge is 2.30. The van der Waals surface area contributed by atoms with Crippen molar-refractivity contribution in [3.63, 3.8) is 0 Å². The number of aryl methyl sites for hydroxylation is 1. The maximum Gasteiger partial charge on any atom is 0.235 e. The summed E-state index contributed by atoms with van der Waals surface area (Å²) in [7, 11) is 0. The molecule has 2 aliphatic heterocycles. The molecule has 184 valence electrons. The molecule has 2 aliphatic rings. The van der Waals surface area contributed by atoms with Crippen LogP contribution in [0, 0.1) is 0 Å². The lowest BCUT2D eigenvalue weighted by Gasteiger charge is -2.36. The van der Waals surface area contributed by atoms with Gasteiger partial charge in [-0.3, -0.25) is 14.7 Å². The fraction of sp³-hybridized carbons (Fsp3) is 0.444. The minimum atomic E-state index is -0.940. The number of nitrogens with zero attached hydrogens (tertiary/aromatic N) is 3. The molecule has 8 heteroatoms. The summed E-state index contributed by atoms with van der Waals surface area (Å²) in [6, 6.07) is 12.3. The Morgan fingerprint density at radius 3 is 3.03 bits per heavy atom. The Morgan fingerprint density at radius 1 is 1.31 bits per heavy atom. The fourth-order valence-electron chi connectivity index (χ4n) is 5.03.